The molecule has 24 heavy (non-hydrogen) atoms. The number of benzene rings is 1. The molecule has 0 amide bonds. The van der Waals surface area contributed by atoms with Crippen molar-refractivity contribution < 1.29 is 19.3 Å². The summed E-state index contributed by atoms with van der Waals surface area (Å²) in [5, 5.41) is 9.91. The molecular formula is C18H28N2O4. The second-order valence-corrected chi connectivity index (χ2v) is 6.81. The standard InChI is InChI=1S/C18H28N2O4/c1-12-8-20-11-15(21)7-14(20)10-19(12)9-13-5-16(22-2)18(24-4)17(6-13)23-3/h5-6,12,14-15,21H,7-11H2,1-4H3/t12-,14+,15-/m1/s1. The molecule has 2 aliphatic rings. The van der Waals surface area contributed by atoms with E-state index < -0.39 is 0 Å². The number of nitrogens with zero attached hydrogens (tertiary/aromatic N) is 2. The van der Waals surface area contributed by atoms with Crippen LogP contribution >= 0.6 is 0 Å². The van der Waals surface area contributed by atoms with Gasteiger partial charge in [0.15, 0.2) is 11.5 Å². The van der Waals surface area contributed by atoms with E-state index in [1.54, 1.807) is 21.3 Å². The molecule has 1 aromatic carbocycles. The summed E-state index contributed by atoms with van der Waals surface area (Å²) < 4.78 is 16.3. The van der Waals surface area contributed by atoms with Gasteiger partial charge in [-0.25, -0.2) is 0 Å². The number of aliphatic hydroxyl groups excluding tert-OH is 1. The van der Waals surface area contributed by atoms with Crippen molar-refractivity contribution >= 4 is 0 Å². The molecule has 2 heterocycles. The maximum Gasteiger partial charge on any atom is 0.203 e. The Bertz CT molecular complexity index is 555. The second kappa shape index (κ2) is 7.17. The van der Waals surface area contributed by atoms with Gasteiger partial charge < -0.3 is 19.3 Å². The normalized spacial score (nSPS) is 27.8. The van der Waals surface area contributed by atoms with E-state index in [0.717, 1.165) is 38.2 Å². The van der Waals surface area contributed by atoms with Crippen LogP contribution in [0.3, 0.4) is 0 Å². The number of hydrogen-bond donors (Lipinski definition) is 1. The van der Waals surface area contributed by atoms with E-state index in [1.807, 2.05) is 12.1 Å². The van der Waals surface area contributed by atoms with E-state index >= 15 is 0 Å². The summed E-state index contributed by atoms with van der Waals surface area (Å²) >= 11 is 0. The maximum atomic E-state index is 9.91. The van der Waals surface area contributed by atoms with Crippen LogP contribution in [0.5, 0.6) is 17.2 Å². The molecule has 2 aliphatic heterocycles. The van der Waals surface area contributed by atoms with Crippen molar-refractivity contribution in [3.05, 3.63) is 17.7 Å². The van der Waals surface area contributed by atoms with Gasteiger partial charge in [-0.1, -0.05) is 0 Å². The van der Waals surface area contributed by atoms with Gasteiger partial charge in [-0.15, -0.1) is 0 Å². The van der Waals surface area contributed by atoms with Crippen LogP contribution in [0.15, 0.2) is 12.1 Å². The summed E-state index contributed by atoms with van der Waals surface area (Å²) in [5.74, 6) is 2.00. The van der Waals surface area contributed by atoms with E-state index in [0.29, 0.717) is 29.3 Å². The average Bonchev–Trinajstić information content (AvgIpc) is 2.93. The van der Waals surface area contributed by atoms with Gasteiger partial charge >= 0.3 is 0 Å². The lowest BCUT2D eigenvalue weighted by Gasteiger charge is -2.42. The van der Waals surface area contributed by atoms with Crippen LogP contribution < -0.4 is 14.2 Å². The highest BCUT2D eigenvalue weighted by molar-refractivity contribution is 5.53. The zero-order valence-corrected chi connectivity index (χ0v) is 15.0. The smallest absolute Gasteiger partial charge is 0.203 e. The van der Waals surface area contributed by atoms with Crippen molar-refractivity contribution in [2.45, 2.75) is 38.1 Å². The van der Waals surface area contributed by atoms with Crippen molar-refractivity contribution in [1.82, 2.24) is 9.80 Å². The Labute approximate surface area is 143 Å². The number of fused-ring (bicyclic) bond motifs is 1. The fourth-order valence-electron chi connectivity index (χ4n) is 3.96. The lowest BCUT2D eigenvalue weighted by Crippen LogP contribution is -2.54. The van der Waals surface area contributed by atoms with Crippen LogP contribution in [-0.2, 0) is 6.54 Å². The summed E-state index contributed by atoms with van der Waals surface area (Å²) in [5.41, 5.74) is 1.14. The third-order valence-corrected chi connectivity index (χ3v) is 5.18. The van der Waals surface area contributed by atoms with Crippen LogP contribution in [0, 0.1) is 0 Å². The average molecular weight is 336 g/mol. The summed E-state index contributed by atoms with van der Waals surface area (Å²) in [6, 6.07) is 4.94. The molecule has 6 heteroatoms. The number of hydrogen-bond acceptors (Lipinski definition) is 6. The van der Waals surface area contributed by atoms with Crippen molar-refractivity contribution in [3.63, 3.8) is 0 Å². The lowest BCUT2D eigenvalue weighted by molar-refractivity contribution is 0.0527. The quantitative estimate of drug-likeness (QED) is 0.876. The maximum absolute atomic E-state index is 9.91. The number of rotatable bonds is 5. The second-order valence-electron chi connectivity index (χ2n) is 6.81. The van der Waals surface area contributed by atoms with Gasteiger partial charge in [0, 0.05) is 38.3 Å². The van der Waals surface area contributed by atoms with Gasteiger partial charge in [-0.3, -0.25) is 9.80 Å². The molecule has 0 unspecified atom stereocenters. The molecule has 6 nitrogen and oxygen atoms in total. The Kier molecular flexibility index (Phi) is 5.18. The van der Waals surface area contributed by atoms with Crippen molar-refractivity contribution in [2.24, 2.45) is 0 Å². The van der Waals surface area contributed by atoms with E-state index in [4.69, 9.17) is 14.2 Å². The number of piperazine rings is 1. The highest BCUT2D eigenvalue weighted by Gasteiger charge is 2.38. The van der Waals surface area contributed by atoms with Gasteiger partial charge in [0.25, 0.3) is 0 Å². The van der Waals surface area contributed by atoms with Crippen LogP contribution in [0.1, 0.15) is 18.9 Å². The predicted molar refractivity (Wildman–Crippen MR) is 92.0 cm³/mol. The third kappa shape index (κ3) is 3.31. The van der Waals surface area contributed by atoms with Crippen LogP contribution in [-0.4, -0.2) is 74.1 Å². The summed E-state index contributed by atoms with van der Waals surface area (Å²) in [7, 11) is 4.90. The minimum Gasteiger partial charge on any atom is -0.493 e. The van der Waals surface area contributed by atoms with Gasteiger partial charge in [-0.2, -0.15) is 0 Å². The molecule has 0 aromatic heterocycles. The van der Waals surface area contributed by atoms with Gasteiger partial charge in [0.1, 0.15) is 0 Å². The van der Waals surface area contributed by atoms with E-state index in [2.05, 4.69) is 16.7 Å². The molecule has 0 bridgehead atoms. The van der Waals surface area contributed by atoms with Crippen LogP contribution in [0.25, 0.3) is 0 Å². The minimum atomic E-state index is -0.177. The van der Waals surface area contributed by atoms with Gasteiger partial charge in [0.2, 0.25) is 5.75 Å². The molecule has 3 atom stereocenters. The Morgan fingerprint density at radius 2 is 1.71 bits per heavy atom. The molecular weight excluding hydrogens is 308 g/mol. The first-order chi connectivity index (χ1) is 11.5. The predicted octanol–water partition coefficient (Wildman–Crippen LogP) is 1.35. The SMILES string of the molecule is COc1cc(CN2C[C@@H]3C[C@@H](O)CN3C[C@H]2C)cc(OC)c1OC. The van der Waals surface area contributed by atoms with Crippen LogP contribution in [0.4, 0.5) is 0 Å². The fraction of sp³-hybridized carbons (Fsp3) is 0.667. The summed E-state index contributed by atoms with van der Waals surface area (Å²) in [4.78, 5) is 4.89. The zero-order chi connectivity index (χ0) is 17.3. The third-order valence-electron chi connectivity index (χ3n) is 5.18. The molecule has 134 valence electrons. The number of methoxy groups -OCH3 is 3. The number of aliphatic hydroxyl groups is 1. The Balaban J connectivity index is 1.78. The highest BCUT2D eigenvalue weighted by Crippen LogP contribution is 2.39. The molecule has 1 N–H and O–H groups in total. The molecule has 0 spiro atoms. The monoisotopic (exact) mass is 336 g/mol. The topological polar surface area (TPSA) is 54.4 Å². The van der Waals surface area contributed by atoms with Crippen LogP contribution in [0.2, 0.25) is 0 Å². The molecule has 0 saturated carbocycles. The summed E-state index contributed by atoms with van der Waals surface area (Å²) in [6.45, 7) is 5.88. The molecule has 1 aromatic rings. The van der Waals surface area contributed by atoms with Gasteiger partial charge in [-0.05, 0) is 31.0 Å². The Hall–Kier alpha value is -1.50. The Morgan fingerprint density at radius 3 is 2.29 bits per heavy atom. The summed E-state index contributed by atoms with van der Waals surface area (Å²) in [6.07, 6.45) is 0.696. The van der Waals surface area contributed by atoms with Gasteiger partial charge in [0.05, 0.1) is 27.4 Å². The largest absolute Gasteiger partial charge is 0.493 e. The van der Waals surface area contributed by atoms with Crippen molar-refractivity contribution in [1.29, 1.82) is 0 Å². The molecule has 0 radical (unpaired) electrons. The molecule has 2 saturated heterocycles. The van der Waals surface area contributed by atoms with E-state index in [-0.39, 0.29) is 6.10 Å². The first kappa shape index (κ1) is 17.3. The first-order valence-electron chi connectivity index (χ1n) is 8.50. The first-order valence-corrected chi connectivity index (χ1v) is 8.50. The molecule has 0 aliphatic carbocycles. The molecule has 2 fully saturated rings. The Morgan fingerprint density at radius 1 is 1.04 bits per heavy atom. The minimum absolute atomic E-state index is 0.177. The van der Waals surface area contributed by atoms with Crippen molar-refractivity contribution in [3.8, 4) is 17.2 Å². The fourth-order valence-corrected chi connectivity index (χ4v) is 3.96. The zero-order valence-electron chi connectivity index (χ0n) is 15.0. The van der Waals surface area contributed by atoms with Crippen molar-refractivity contribution in [2.75, 3.05) is 41.0 Å². The van der Waals surface area contributed by atoms with E-state index in [1.165, 1.54) is 0 Å². The van der Waals surface area contributed by atoms with E-state index in [9.17, 15) is 5.11 Å². The highest BCUT2D eigenvalue weighted by atomic mass is 16.5. The molecule has 3 rings (SSSR count). The number of ether oxygens (including phenoxy) is 3. The lowest BCUT2D eigenvalue weighted by atomic mass is 10.1.